The normalized spacial score (nSPS) is 10.5. The molecule has 17 heavy (non-hydrogen) atoms. The second kappa shape index (κ2) is 4.86. The van der Waals surface area contributed by atoms with Crippen LogP contribution in [0.4, 0.5) is 0 Å². The Hall–Kier alpha value is -2.04. The summed E-state index contributed by atoms with van der Waals surface area (Å²) in [6, 6.07) is 1.78. The van der Waals surface area contributed by atoms with Crippen molar-refractivity contribution in [3.05, 3.63) is 41.7 Å². The first-order valence-corrected chi connectivity index (χ1v) is 5.56. The molecule has 0 radical (unpaired) electrons. The summed E-state index contributed by atoms with van der Waals surface area (Å²) in [7, 11) is 1.93. The molecule has 5 heteroatoms. The predicted octanol–water partition coefficient (Wildman–Crippen LogP) is 1.03. The smallest absolute Gasteiger partial charge is 0.253 e. The molecule has 2 aromatic rings. The minimum Gasteiger partial charge on any atom is -0.365 e. The Labute approximate surface area is 99.9 Å². The Morgan fingerprint density at radius 2 is 2.41 bits per heavy atom. The van der Waals surface area contributed by atoms with E-state index in [9.17, 15) is 4.79 Å². The Bertz CT molecular complexity index is 512. The summed E-state index contributed by atoms with van der Waals surface area (Å²) in [6.45, 7) is 2.48. The molecule has 0 spiro atoms. The Kier molecular flexibility index (Phi) is 3.27. The van der Waals surface area contributed by atoms with Gasteiger partial charge >= 0.3 is 0 Å². The van der Waals surface area contributed by atoms with E-state index in [2.05, 4.69) is 15.3 Å². The third-order valence-corrected chi connectivity index (χ3v) is 2.62. The lowest BCUT2D eigenvalue weighted by molar-refractivity contribution is 0.0953. The van der Waals surface area contributed by atoms with Crippen LogP contribution in [0.5, 0.6) is 0 Å². The fourth-order valence-electron chi connectivity index (χ4n) is 1.69. The van der Waals surface area contributed by atoms with E-state index in [1.54, 1.807) is 18.6 Å². The van der Waals surface area contributed by atoms with Crippen LogP contribution in [0.25, 0.3) is 0 Å². The number of amides is 1. The zero-order valence-corrected chi connectivity index (χ0v) is 10.0. The maximum atomic E-state index is 11.8. The van der Waals surface area contributed by atoms with Gasteiger partial charge in [-0.05, 0) is 13.0 Å². The maximum absolute atomic E-state index is 11.8. The van der Waals surface area contributed by atoms with Gasteiger partial charge in [0.15, 0.2) is 0 Å². The van der Waals surface area contributed by atoms with E-state index in [-0.39, 0.29) is 5.91 Å². The van der Waals surface area contributed by atoms with Crippen molar-refractivity contribution < 1.29 is 4.79 Å². The van der Waals surface area contributed by atoms with Gasteiger partial charge in [0.2, 0.25) is 0 Å². The molecule has 0 aliphatic rings. The molecule has 0 aliphatic carbocycles. The number of aromatic amines is 1. The SMILES string of the molecule is Cc1[nH]ccc1C(=O)NCCc1cn(C)cn1. The number of carbonyl (C=O) groups excluding carboxylic acids is 1. The first kappa shape index (κ1) is 11.4. The van der Waals surface area contributed by atoms with E-state index in [0.717, 1.165) is 17.8 Å². The summed E-state index contributed by atoms with van der Waals surface area (Å²) in [5.41, 5.74) is 2.57. The third kappa shape index (κ3) is 2.75. The minimum atomic E-state index is -0.0420. The van der Waals surface area contributed by atoms with Crippen molar-refractivity contribution in [2.75, 3.05) is 6.54 Å². The molecule has 90 valence electrons. The number of carbonyl (C=O) groups is 1. The average molecular weight is 232 g/mol. The average Bonchev–Trinajstić information content (AvgIpc) is 2.87. The lowest BCUT2D eigenvalue weighted by atomic mass is 10.2. The highest BCUT2D eigenvalue weighted by Crippen LogP contribution is 2.04. The van der Waals surface area contributed by atoms with Gasteiger partial charge in [-0.25, -0.2) is 4.98 Å². The van der Waals surface area contributed by atoms with Gasteiger partial charge < -0.3 is 14.9 Å². The van der Waals surface area contributed by atoms with Crippen molar-refractivity contribution in [1.82, 2.24) is 19.9 Å². The predicted molar refractivity (Wildman–Crippen MR) is 64.8 cm³/mol. The molecule has 2 aromatic heterocycles. The van der Waals surface area contributed by atoms with Gasteiger partial charge in [0.1, 0.15) is 0 Å². The summed E-state index contributed by atoms with van der Waals surface area (Å²) in [5, 5.41) is 2.88. The van der Waals surface area contributed by atoms with Crippen LogP contribution in [0.3, 0.4) is 0 Å². The second-order valence-electron chi connectivity index (χ2n) is 4.05. The van der Waals surface area contributed by atoms with Crippen LogP contribution in [0, 0.1) is 6.92 Å². The largest absolute Gasteiger partial charge is 0.365 e. The number of imidazole rings is 1. The van der Waals surface area contributed by atoms with Gasteiger partial charge in [0.25, 0.3) is 5.91 Å². The Balaban J connectivity index is 1.83. The van der Waals surface area contributed by atoms with E-state index in [4.69, 9.17) is 0 Å². The highest BCUT2D eigenvalue weighted by atomic mass is 16.1. The number of hydrogen-bond donors (Lipinski definition) is 2. The van der Waals surface area contributed by atoms with Crippen LogP contribution in [-0.4, -0.2) is 27.0 Å². The van der Waals surface area contributed by atoms with E-state index in [0.29, 0.717) is 12.1 Å². The molecule has 0 aliphatic heterocycles. The second-order valence-corrected chi connectivity index (χ2v) is 4.05. The molecule has 0 unspecified atom stereocenters. The first-order chi connectivity index (χ1) is 8.16. The monoisotopic (exact) mass is 232 g/mol. The van der Waals surface area contributed by atoms with Crippen molar-refractivity contribution in [2.24, 2.45) is 7.05 Å². The molecule has 0 saturated heterocycles. The molecule has 1 amide bonds. The lowest BCUT2D eigenvalue weighted by Crippen LogP contribution is -2.26. The van der Waals surface area contributed by atoms with Gasteiger partial charge in [-0.2, -0.15) is 0 Å². The quantitative estimate of drug-likeness (QED) is 0.827. The molecule has 2 heterocycles. The summed E-state index contributed by atoms with van der Waals surface area (Å²) >= 11 is 0. The Morgan fingerprint density at radius 1 is 1.59 bits per heavy atom. The Morgan fingerprint density at radius 3 is 3.00 bits per heavy atom. The zero-order chi connectivity index (χ0) is 12.3. The van der Waals surface area contributed by atoms with Crippen LogP contribution in [0.15, 0.2) is 24.8 Å². The van der Waals surface area contributed by atoms with Gasteiger partial charge in [-0.15, -0.1) is 0 Å². The molecule has 0 atom stereocenters. The number of nitrogens with zero attached hydrogens (tertiary/aromatic N) is 2. The van der Waals surface area contributed by atoms with Crippen LogP contribution < -0.4 is 5.32 Å². The first-order valence-electron chi connectivity index (χ1n) is 5.56. The number of H-pyrrole nitrogens is 1. The van der Waals surface area contributed by atoms with E-state index >= 15 is 0 Å². The fraction of sp³-hybridized carbons (Fsp3) is 0.333. The van der Waals surface area contributed by atoms with Gasteiger partial charge in [-0.3, -0.25) is 4.79 Å². The van der Waals surface area contributed by atoms with Crippen LogP contribution in [0.2, 0.25) is 0 Å². The molecule has 2 rings (SSSR count). The van der Waals surface area contributed by atoms with Crippen molar-refractivity contribution >= 4 is 5.91 Å². The standard InChI is InChI=1S/C12H16N4O/c1-9-11(4-6-13-9)12(17)14-5-3-10-7-16(2)8-15-10/h4,6-8,13H,3,5H2,1-2H3,(H,14,17). The zero-order valence-electron chi connectivity index (χ0n) is 10.0. The van der Waals surface area contributed by atoms with Gasteiger partial charge in [0.05, 0.1) is 17.6 Å². The number of hydrogen-bond acceptors (Lipinski definition) is 2. The molecule has 0 fully saturated rings. The molecular formula is C12H16N4O. The summed E-state index contributed by atoms with van der Waals surface area (Å²) in [6.07, 6.45) is 6.22. The van der Waals surface area contributed by atoms with Crippen LogP contribution >= 0.6 is 0 Å². The van der Waals surface area contributed by atoms with E-state index in [1.807, 2.05) is 24.7 Å². The maximum Gasteiger partial charge on any atom is 0.253 e. The third-order valence-electron chi connectivity index (χ3n) is 2.62. The van der Waals surface area contributed by atoms with Crippen LogP contribution in [0.1, 0.15) is 21.7 Å². The molecule has 0 bridgehead atoms. The lowest BCUT2D eigenvalue weighted by Gasteiger charge is -2.03. The van der Waals surface area contributed by atoms with Crippen molar-refractivity contribution in [3.8, 4) is 0 Å². The fourth-order valence-corrected chi connectivity index (χ4v) is 1.69. The molecule has 0 aromatic carbocycles. The van der Waals surface area contributed by atoms with Crippen LogP contribution in [-0.2, 0) is 13.5 Å². The summed E-state index contributed by atoms with van der Waals surface area (Å²) in [4.78, 5) is 18.9. The minimum absolute atomic E-state index is 0.0420. The number of nitrogens with one attached hydrogen (secondary N) is 2. The van der Waals surface area contributed by atoms with E-state index in [1.165, 1.54) is 0 Å². The molecular weight excluding hydrogens is 216 g/mol. The molecule has 2 N–H and O–H groups in total. The molecule has 0 saturated carbocycles. The molecule has 5 nitrogen and oxygen atoms in total. The van der Waals surface area contributed by atoms with Crippen molar-refractivity contribution in [3.63, 3.8) is 0 Å². The van der Waals surface area contributed by atoms with Gasteiger partial charge in [0, 0.05) is 38.1 Å². The highest BCUT2D eigenvalue weighted by molar-refractivity contribution is 5.95. The summed E-state index contributed by atoms with van der Waals surface area (Å²) < 4.78 is 1.90. The number of aromatic nitrogens is 3. The van der Waals surface area contributed by atoms with E-state index < -0.39 is 0 Å². The highest BCUT2D eigenvalue weighted by Gasteiger charge is 2.08. The van der Waals surface area contributed by atoms with Gasteiger partial charge in [-0.1, -0.05) is 0 Å². The summed E-state index contributed by atoms with van der Waals surface area (Å²) in [5.74, 6) is -0.0420. The topological polar surface area (TPSA) is 62.7 Å². The number of rotatable bonds is 4. The van der Waals surface area contributed by atoms with Crippen molar-refractivity contribution in [1.29, 1.82) is 0 Å². The van der Waals surface area contributed by atoms with Crippen molar-refractivity contribution in [2.45, 2.75) is 13.3 Å². The number of aryl methyl sites for hydroxylation is 2.